The Morgan fingerprint density at radius 2 is 0.475 bits per heavy atom. The van der Waals surface area contributed by atoms with Crippen LogP contribution in [0.1, 0.15) is 421 Å². The van der Waals surface area contributed by atoms with Crippen LogP contribution in [0.25, 0.3) is 0 Å². The van der Waals surface area contributed by atoms with Gasteiger partial charge in [-0.15, -0.1) is 0 Å². The maximum Gasteiger partial charge on any atom is 0.472 e. The van der Waals surface area contributed by atoms with Crippen molar-refractivity contribution in [1.29, 1.82) is 0 Å². The Labute approximate surface area is 619 Å². The van der Waals surface area contributed by atoms with Crippen molar-refractivity contribution in [3.8, 4) is 0 Å². The number of ether oxygens (including phenoxy) is 4. The summed E-state index contributed by atoms with van der Waals surface area (Å²) >= 11 is 0. The fourth-order valence-electron chi connectivity index (χ4n) is 12.5. The van der Waals surface area contributed by atoms with E-state index < -0.39 is 97.5 Å². The number of unbranched alkanes of at least 4 members (excludes halogenated alkanes) is 43. The van der Waals surface area contributed by atoms with Gasteiger partial charge in [0.2, 0.25) is 0 Å². The van der Waals surface area contributed by atoms with Gasteiger partial charge in [0.15, 0.2) is 12.2 Å². The third-order valence-corrected chi connectivity index (χ3v) is 21.7. The predicted octanol–water partition coefficient (Wildman–Crippen LogP) is 24.4. The van der Waals surface area contributed by atoms with Crippen LogP contribution in [0.15, 0.2) is 0 Å². The summed E-state index contributed by atoms with van der Waals surface area (Å²) in [6.45, 7) is 14.3. The molecule has 0 aliphatic carbocycles. The van der Waals surface area contributed by atoms with Gasteiger partial charge < -0.3 is 33.8 Å². The molecule has 0 saturated carbocycles. The van der Waals surface area contributed by atoms with Crippen molar-refractivity contribution in [3.05, 3.63) is 0 Å². The van der Waals surface area contributed by atoms with Gasteiger partial charge in [0.1, 0.15) is 19.3 Å². The van der Waals surface area contributed by atoms with Crippen molar-refractivity contribution in [3.63, 3.8) is 0 Å². The Balaban J connectivity index is 5.23. The first-order valence-electron chi connectivity index (χ1n) is 42.3. The molecule has 101 heavy (non-hydrogen) atoms. The third-order valence-electron chi connectivity index (χ3n) is 19.8. The fourth-order valence-corrected chi connectivity index (χ4v) is 14.1. The maximum absolute atomic E-state index is 13.1. The summed E-state index contributed by atoms with van der Waals surface area (Å²) in [6.07, 6.45) is 58.3. The van der Waals surface area contributed by atoms with Gasteiger partial charge >= 0.3 is 39.5 Å². The molecule has 0 aromatic heterocycles. The van der Waals surface area contributed by atoms with E-state index in [4.69, 9.17) is 37.0 Å². The topological polar surface area (TPSA) is 237 Å². The minimum Gasteiger partial charge on any atom is -0.462 e. The summed E-state index contributed by atoms with van der Waals surface area (Å²) in [5.41, 5.74) is 0. The molecule has 0 saturated heterocycles. The predicted molar refractivity (Wildman–Crippen MR) is 414 cm³/mol. The molecule has 0 aliphatic rings. The van der Waals surface area contributed by atoms with E-state index in [-0.39, 0.29) is 25.7 Å². The summed E-state index contributed by atoms with van der Waals surface area (Å²) in [4.78, 5) is 73.1. The van der Waals surface area contributed by atoms with Gasteiger partial charge in [-0.3, -0.25) is 37.3 Å². The van der Waals surface area contributed by atoms with Crippen LogP contribution in [0.4, 0.5) is 0 Å². The van der Waals surface area contributed by atoms with Crippen LogP contribution < -0.4 is 0 Å². The molecule has 4 unspecified atom stereocenters. The first kappa shape index (κ1) is 99.1. The highest BCUT2D eigenvalue weighted by molar-refractivity contribution is 7.47. The first-order chi connectivity index (χ1) is 48.7. The SMILES string of the molecule is CCC(C)CCCCCCCCCCCCC(=O)OC[C@H](COP(=O)(O)OC[C@@H](O)COP(=O)(O)OC[C@@H](COC(=O)CCCCCCCCC(C)CC)OC(=O)CCCCCCCCCCCCCCCC(C)C)OC(=O)CCCCCCCCCCCCCCCCCCCCC(C)C. The molecule has 0 heterocycles. The molecule has 3 N–H and O–H groups in total. The van der Waals surface area contributed by atoms with Crippen LogP contribution >= 0.6 is 15.6 Å². The monoisotopic (exact) mass is 1480 g/mol. The Hall–Kier alpha value is -1.94. The van der Waals surface area contributed by atoms with Gasteiger partial charge in [0.25, 0.3) is 0 Å². The van der Waals surface area contributed by atoms with Gasteiger partial charge in [-0.2, -0.15) is 0 Å². The molecule has 19 heteroatoms. The van der Waals surface area contributed by atoms with Crippen LogP contribution in [-0.2, 0) is 65.4 Å². The van der Waals surface area contributed by atoms with Gasteiger partial charge in [-0.1, -0.05) is 370 Å². The van der Waals surface area contributed by atoms with E-state index in [1.54, 1.807) is 0 Å². The Kier molecular flexibility index (Phi) is 69.6. The van der Waals surface area contributed by atoms with E-state index in [1.165, 1.54) is 218 Å². The molecular formula is C82H160O17P2. The number of esters is 4. The standard InChI is InChI=1S/C82H160O17P2/c1-9-74(7)60-52-44-36-30-26-27-31-37-46-54-62-79(84)92-68-77(98-81(86)64-56-48-38-32-24-20-16-14-12-11-13-15-18-22-28-34-42-50-58-72(3)4)70-96-100(88,89)94-66-76(83)67-95-101(90,91)97-71-78(69-93-80(85)63-55-47-41-40-45-53-61-75(8)10-2)99-82(87)65-57-49-39-33-25-21-17-19-23-29-35-43-51-59-73(5)6/h72-78,83H,9-71H2,1-8H3,(H,88,89)(H,90,91)/t74?,75?,76-,77-,78-/m1/s1. The normalized spacial score (nSPS) is 14.5. The molecule has 0 aromatic carbocycles. The van der Waals surface area contributed by atoms with Crippen LogP contribution in [0.2, 0.25) is 0 Å². The molecule has 17 nitrogen and oxygen atoms in total. The lowest BCUT2D eigenvalue weighted by atomic mass is 9.99. The molecule has 600 valence electrons. The smallest absolute Gasteiger partial charge is 0.462 e. The number of phosphoric acid groups is 2. The maximum atomic E-state index is 13.1. The number of carbonyl (C=O) groups excluding carboxylic acids is 4. The molecule has 0 fully saturated rings. The van der Waals surface area contributed by atoms with Crippen molar-refractivity contribution >= 4 is 39.5 Å². The molecule has 0 amide bonds. The summed E-state index contributed by atoms with van der Waals surface area (Å²) in [6, 6.07) is 0. The van der Waals surface area contributed by atoms with Crippen molar-refractivity contribution < 1.29 is 80.2 Å². The van der Waals surface area contributed by atoms with E-state index in [9.17, 15) is 43.2 Å². The van der Waals surface area contributed by atoms with E-state index >= 15 is 0 Å². The Morgan fingerprint density at radius 3 is 0.703 bits per heavy atom. The highest BCUT2D eigenvalue weighted by Crippen LogP contribution is 2.45. The van der Waals surface area contributed by atoms with E-state index in [0.29, 0.717) is 25.7 Å². The zero-order chi connectivity index (χ0) is 74.6. The van der Waals surface area contributed by atoms with E-state index in [2.05, 4.69) is 55.4 Å². The number of carbonyl (C=O) groups is 4. The minimum atomic E-state index is -4.96. The molecule has 7 atom stereocenters. The van der Waals surface area contributed by atoms with E-state index in [0.717, 1.165) is 120 Å². The summed E-state index contributed by atoms with van der Waals surface area (Å²) in [7, 11) is -9.92. The zero-order valence-corrected chi connectivity index (χ0v) is 68.3. The molecule has 0 spiro atoms. The van der Waals surface area contributed by atoms with Crippen LogP contribution in [0.5, 0.6) is 0 Å². The van der Waals surface area contributed by atoms with Gasteiger partial charge in [0.05, 0.1) is 26.4 Å². The molecule has 0 radical (unpaired) electrons. The lowest BCUT2D eigenvalue weighted by Gasteiger charge is -2.21. The second kappa shape index (κ2) is 71.0. The molecule has 0 aromatic rings. The number of phosphoric ester groups is 2. The molecule has 0 rings (SSSR count). The number of aliphatic hydroxyl groups is 1. The van der Waals surface area contributed by atoms with Crippen LogP contribution in [0, 0.1) is 23.7 Å². The number of aliphatic hydroxyl groups excluding tert-OH is 1. The second-order valence-electron chi connectivity index (χ2n) is 31.0. The Bertz CT molecular complexity index is 1980. The quantitative estimate of drug-likeness (QED) is 0.0222. The largest absolute Gasteiger partial charge is 0.472 e. The lowest BCUT2D eigenvalue weighted by Crippen LogP contribution is -2.30. The fraction of sp³-hybridized carbons (Fsp3) is 0.951. The Morgan fingerprint density at radius 1 is 0.277 bits per heavy atom. The average molecular weight is 1480 g/mol. The zero-order valence-electron chi connectivity index (χ0n) is 66.5. The number of rotatable bonds is 79. The summed E-state index contributed by atoms with van der Waals surface area (Å²) in [5, 5.41) is 10.6. The highest BCUT2D eigenvalue weighted by atomic mass is 31.2. The second-order valence-corrected chi connectivity index (χ2v) is 33.9. The third kappa shape index (κ3) is 73.4. The molecule has 0 bridgehead atoms. The van der Waals surface area contributed by atoms with Crippen molar-refractivity contribution in [1.82, 2.24) is 0 Å². The van der Waals surface area contributed by atoms with Crippen molar-refractivity contribution in [2.45, 2.75) is 440 Å². The van der Waals surface area contributed by atoms with Crippen molar-refractivity contribution in [2.75, 3.05) is 39.6 Å². The summed E-state index contributed by atoms with van der Waals surface area (Å²) in [5.74, 6) is 1.03. The van der Waals surface area contributed by atoms with E-state index in [1.807, 2.05) is 0 Å². The number of hydrogen-bond acceptors (Lipinski definition) is 15. The lowest BCUT2D eigenvalue weighted by molar-refractivity contribution is -0.161. The van der Waals surface area contributed by atoms with Crippen LogP contribution in [0.3, 0.4) is 0 Å². The number of hydrogen-bond donors (Lipinski definition) is 3. The highest BCUT2D eigenvalue weighted by Gasteiger charge is 2.30. The van der Waals surface area contributed by atoms with Gasteiger partial charge in [-0.05, 0) is 49.4 Å². The van der Waals surface area contributed by atoms with Crippen LogP contribution in [-0.4, -0.2) is 96.7 Å². The van der Waals surface area contributed by atoms with Gasteiger partial charge in [0, 0.05) is 25.7 Å². The van der Waals surface area contributed by atoms with Crippen molar-refractivity contribution in [2.24, 2.45) is 23.7 Å². The van der Waals surface area contributed by atoms with Gasteiger partial charge in [-0.25, -0.2) is 9.13 Å². The summed E-state index contributed by atoms with van der Waals surface area (Å²) < 4.78 is 68.7. The molecular weight excluding hydrogens is 1320 g/mol. The first-order valence-corrected chi connectivity index (χ1v) is 45.3. The average Bonchev–Trinajstić information content (AvgIpc) is 0.958. The minimum absolute atomic E-state index is 0.106. The molecule has 0 aliphatic heterocycles.